The number of thioether (sulfide) groups is 1. The first-order chi connectivity index (χ1) is 9.66. The summed E-state index contributed by atoms with van der Waals surface area (Å²) in [5, 5.41) is 3.27. The van der Waals surface area contributed by atoms with Crippen LogP contribution in [0.2, 0.25) is 0 Å². The third kappa shape index (κ3) is 4.42. The molecule has 1 aromatic rings. The Morgan fingerprint density at radius 3 is 2.85 bits per heavy atom. The van der Waals surface area contributed by atoms with Crippen LogP contribution < -0.4 is 15.8 Å². The summed E-state index contributed by atoms with van der Waals surface area (Å²) >= 11 is 2.02. The van der Waals surface area contributed by atoms with Gasteiger partial charge in [0.05, 0.1) is 6.10 Å². The molecule has 1 aliphatic rings. The third-order valence-electron chi connectivity index (χ3n) is 3.02. The van der Waals surface area contributed by atoms with Crippen molar-refractivity contribution in [3.63, 3.8) is 0 Å². The SMILES string of the molecule is CC(C)Oc1ncnc(NCCN2CCSCC2)c1N. The van der Waals surface area contributed by atoms with E-state index in [4.69, 9.17) is 10.5 Å². The van der Waals surface area contributed by atoms with Crippen LogP contribution in [0.3, 0.4) is 0 Å². The molecule has 0 saturated carbocycles. The van der Waals surface area contributed by atoms with Crippen LogP contribution in [0.15, 0.2) is 6.33 Å². The van der Waals surface area contributed by atoms with E-state index >= 15 is 0 Å². The second-order valence-electron chi connectivity index (χ2n) is 4.99. The Bertz CT molecular complexity index is 423. The van der Waals surface area contributed by atoms with Crippen molar-refractivity contribution in [2.45, 2.75) is 20.0 Å². The maximum atomic E-state index is 6.02. The lowest BCUT2D eigenvalue weighted by Gasteiger charge is -2.26. The zero-order valence-corrected chi connectivity index (χ0v) is 12.9. The van der Waals surface area contributed by atoms with Crippen LogP contribution in [-0.2, 0) is 0 Å². The summed E-state index contributed by atoms with van der Waals surface area (Å²) in [5.74, 6) is 3.55. The van der Waals surface area contributed by atoms with E-state index in [1.165, 1.54) is 17.8 Å². The lowest BCUT2D eigenvalue weighted by atomic mass is 10.4. The van der Waals surface area contributed by atoms with Gasteiger partial charge in [-0.2, -0.15) is 16.7 Å². The molecule has 7 heteroatoms. The first-order valence-corrected chi connectivity index (χ1v) is 8.13. The summed E-state index contributed by atoms with van der Waals surface area (Å²) in [7, 11) is 0. The smallest absolute Gasteiger partial charge is 0.242 e. The molecule has 0 aromatic carbocycles. The lowest BCUT2D eigenvalue weighted by Crippen LogP contribution is -2.36. The van der Waals surface area contributed by atoms with Gasteiger partial charge in [-0.05, 0) is 13.8 Å². The highest BCUT2D eigenvalue weighted by Crippen LogP contribution is 2.25. The minimum atomic E-state index is 0.0471. The number of rotatable bonds is 6. The quantitative estimate of drug-likeness (QED) is 0.819. The molecule has 2 rings (SSSR count). The van der Waals surface area contributed by atoms with Crippen molar-refractivity contribution >= 4 is 23.3 Å². The average molecular weight is 297 g/mol. The summed E-state index contributed by atoms with van der Waals surface area (Å²) in [4.78, 5) is 10.7. The first-order valence-electron chi connectivity index (χ1n) is 6.98. The topological polar surface area (TPSA) is 76.3 Å². The zero-order valence-electron chi connectivity index (χ0n) is 12.1. The molecule has 0 bridgehead atoms. The van der Waals surface area contributed by atoms with Crippen molar-refractivity contribution in [1.29, 1.82) is 0 Å². The molecule has 0 atom stereocenters. The maximum Gasteiger partial charge on any atom is 0.242 e. The van der Waals surface area contributed by atoms with Crippen molar-refractivity contribution < 1.29 is 4.74 Å². The van der Waals surface area contributed by atoms with Gasteiger partial charge in [0.25, 0.3) is 0 Å². The number of nitrogen functional groups attached to an aromatic ring is 1. The van der Waals surface area contributed by atoms with Gasteiger partial charge in [-0.25, -0.2) is 4.98 Å². The summed E-state index contributed by atoms with van der Waals surface area (Å²) in [5.41, 5.74) is 6.50. The van der Waals surface area contributed by atoms with E-state index in [-0.39, 0.29) is 6.10 Å². The molecule has 1 fully saturated rings. The molecule has 0 amide bonds. The highest BCUT2D eigenvalue weighted by atomic mass is 32.2. The normalized spacial score (nSPS) is 16.4. The fraction of sp³-hybridized carbons (Fsp3) is 0.692. The van der Waals surface area contributed by atoms with E-state index < -0.39 is 0 Å². The van der Waals surface area contributed by atoms with Gasteiger partial charge in [-0.3, -0.25) is 4.90 Å². The second-order valence-corrected chi connectivity index (χ2v) is 6.21. The molecular weight excluding hydrogens is 274 g/mol. The van der Waals surface area contributed by atoms with Gasteiger partial charge in [0.1, 0.15) is 12.0 Å². The average Bonchev–Trinajstić information content (AvgIpc) is 2.43. The number of aromatic nitrogens is 2. The predicted octanol–water partition coefficient (Wildman–Crippen LogP) is 1.31. The molecule has 1 aliphatic heterocycles. The fourth-order valence-corrected chi connectivity index (χ4v) is 2.97. The Morgan fingerprint density at radius 1 is 1.40 bits per heavy atom. The number of nitrogens with zero attached hydrogens (tertiary/aromatic N) is 3. The molecule has 0 radical (unpaired) electrons. The Labute approximate surface area is 124 Å². The van der Waals surface area contributed by atoms with Crippen molar-refractivity contribution in [2.24, 2.45) is 0 Å². The maximum absolute atomic E-state index is 6.02. The van der Waals surface area contributed by atoms with Crippen molar-refractivity contribution in [3.8, 4) is 5.88 Å². The number of hydrogen-bond acceptors (Lipinski definition) is 7. The molecule has 0 aliphatic carbocycles. The summed E-state index contributed by atoms with van der Waals surface area (Å²) in [6.07, 6.45) is 1.53. The standard InChI is InChI=1S/C13H23N5OS/c1-10(2)19-13-11(14)12(16-9-17-13)15-3-4-18-5-7-20-8-6-18/h9-10H,3-8,14H2,1-2H3,(H,15,16,17). The van der Waals surface area contributed by atoms with Crippen LogP contribution >= 0.6 is 11.8 Å². The highest BCUT2D eigenvalue weighted by Gasteiger charge is 2.12. The van der Waals surface area contributed by atoms with E-state index in [1.54, 1.807) is 0 Å². The van der Waals surface area contributed by atoms with Gasteiger partial charge in [0.15, 0.2) is 5.82 Å². The van der Waals surface area contributed by atoms with Gasteiger partial charge >= 0.3 is 0 Å². The lowest BCUT2D eigenvalue weighted by molar-refractivity contribution is 0.234. The number of nitrogens with one attached hydrogen (secondary N) is 1. The number of hydrogen-bond donors (Lipinski definition) is 2. The van der Waals surface area contributed by atoms with Gasteiger partial charge < -0.3 is 15.8 Å². The van der Waals surface area contributed by atoms with Crippen LogP contribution in [0.5, 0.6) is 5.88 Å². The summed E-state index contributed by atoms with van der Waals surface area (Å²) in [6.45, 7) is 8.05. The highest BCUT2D eigenvalue weighted by molar-refractivity contribution is 7.99. The number of nitrogens with two attached hydrogens (primary N) is 1. The summed E-state index contributed by atoms with van der Waals surface area (Å²) in [6, 6.07) is 0. The van der Waals surface area contributed by atoms with Crippen LogP contribution in [0, 0.1) is 0 Å². The molecule has 6 nitrogen and oxygen atoms in total. The van der Waals surface area contributed by atoms with E-state index in [0.717, 1.165) is 26.2 Å². The van der Waals surface area contributed by atoms with Crippen molar-refractivity contribution in [1.82, 2.24) is 14.9 Å². The van der Waals surface area contributed by atoms with Gasteiger partial charge in [-0.1, -0.05) is 0 Å². The Morgan fingerprint density at radius 2 is 2.15 bits per heavy atom. The van der Waals surface area contributed by atoms with Gasteiger partial charge in [-0.15, -0.1) is 0 Å². The Hall–Kier alpha value is -1.21. The van der Waals surface area contributed by atoms with Crippen molar-refractivity contribution in [3.05, 3.63) is 6.33 Å². The molecule has 20 heavy (non-hydrogen) atoms. The van der Waals surface area contributed by atoms with Crippen LogP contribution in [0.1, 0.15) is 13.8 Å². The predicted molar refractivity (Wildman–Crippen MR) is 84.5 cm³/mol. The van der Waals surface area contributed by atoms with Crippen LogP contribution in [-0.4, -0.2) is 58.7 Å². The van der Waals surface area contributed by atoms with E-state index in [1.807, 2.05) is 25.6 Å². The molecule has 1 aromatic heterocycles. The Kier molecular flexibility index (Phi) is 5.72. The molecule has 1 saturated heterocycles. The largest absolute Gasteiger partial charge is 0.473 e. The monoisotopic (exact) mass is 297 g/mol. The van der Waals surface area contributed by atoms with E-state index in [9.17, 15) is 0 Å². The molecule has 3 N–H and O–H groups in total. The van der Waals surface area contributed by atoms with Crippen molar-refractivity contribution in [2.75, 3.05) is 48.7 Å². The van der Waals surface area contributed by atoms with Gasteiger partial charge in [0, 0.05) is 37.7 Å². The van der Waals surface area contributed by atoms with Crippen LogP contribution in [0.25, 0.3) is 0 Å². The van der Waals surface area contributed by atoms with E-state index in [0.29, 0.717) is 17.4 Å². The summed E-state index contributed by atoms with van der Waals surface area (Å²) < 4.78 is 5.55. The minimum absolute atomic E-state index is 0.0471. The second kappa shape index (κ2) is 7.54. The molecule has 112 valence electrons. The van der Waals surface area contributed by atoms with E-state index in [2.05, 4.69) is 20.2 Å². The van der Waals surface area contributed by atoms with Gasteiger partial charge in [0.2, 0.25) is 5.88 Å². The molecule has 0 unspecified atom stereocenters. The number of anilines is 2. The number of ether oxygens (including phenoxy) is 1. The first kappa shape index (κ1) is 15.2. The fourth-order valence-electron chi connectivity index (χ4n) is 1.99. The Balaban J connectivity index is 1.85. The molecular formula is C13H23N5OS. The molecule has 2 heterocycles. The zero-order chi connectivity index (χ0) is 14.4. The minimum Gasteiger partial charge on any atom is -0.473 e. The van der Waals surface area contributed by atoms with Crippen LogP contribution in [0.4, 0.5) is 11.5 Å². The molecule has 0 spiro atoms. The third-order valence-corrected chi connectivity index (χ3v) is 3.96.